The Morgan fingerprint density at radius 3 is 2.71 bits per heavy atom. The molecule has 0 unspecified atom stereocenters. The molecule has 0 fully saturated rings. The average Bonchev–Trinajstić information content (AvgIpc) is 3.22. The minimum atomic E-state index is 0.750. The molecule has 3 rings (SSSR count). The van der Waals surface area contributed by atoms with Gasteiger partial charge in [0.15, 0.2) is 17.5 Å². The SMILES string of the molecule is CCNC(=NCCCn1cnc2ccccc21)N(C)CCc1ccc(OC)c(OC)c1. The highest BCUT2D eigenvalue weighted by Crippen LogP contribution is 2.27. The number of nitrogens with zero attached hydrogens (tertiary/aromatic N) is 4. The summed E-state index contributed by atoms with van der Waals surface area (Å²) in [6.07, 6.45) is 3.76. The standard InChI is InChI=1S/C24H33N5O2/c1-5-25-24(26-14-8-15-29-18-27-20-9-6-7-10-21(20)29)28(2)16-13-19-11-12-22(30-3)23(17-19)31-4/h6-7,9-12,17-18H,5,8,13-16H2,1-4H3,(H,25,26). The monoisotopic (exact) mass is 423 g/mol. The smallest absolute Gasteiger partial charge is 0.193 e. The van der Waals surface area contributed by atoms with Crippen molar-refractivity contribution in [2.75, 3.05) is 40.9 Å². The fourth-order valence-electron chi connectivity index (χ4n) is 3.52. The van der Waals surface area contributed by atoms with E-state index in [0.717, 1.165) is 62.0 Å². The number of hydrogen-bond acceptors (Lipinski definition) is 4. The van der Waals surface area contributed by atoms with Crippen molar-refractivity contribution in [3.63, 3.8) is 0 Å². The summed E-state index contributed by atoms with van der Waals surface area (Å²) in [5.74, 6) is 2.44. The van der Waals surface area contributed by atoms with Crippen LogP contribution >= 0.6 is 0 Å². The number of methoxy groups -OCH3 is 2. The molecule has 2 aromatic carbocycles. The molecule has 0 aliphatic carbocycles. The summed E-state index contributed by atoms with van der Waals surface area (Å²) in [5.41, 5.74) is 3.41. The maximum Gasteiger partial charge on any atom is 0.193 e. The summed E-state index contributed by atoms with van der Waals surface area (Å²) in [5, 5.41) is 3.39. The molecule has 31 heavy (non-hydrogen) atoms. The van der Waals surface area contributed by atoms with Gasteiger partial charge in [-0.2, -0.15) is 0 Å². The highest BCUT2D eigenvalue weighted by atomic mass is 16.5. The minimum absolute atomic E-state index is 0.750. The molecule has 0 amide bonds. The summed E-state index contributed by atoms with van der Waals surface area (Å²) in [6.45, 7) is 5.45. The number of aromatic nitrogens is 2. The lowest BCUT2D eigenvalue weighted by atomic mass is 10.1. The number of imidazole rings is 1. The van der Waals surface area contributed by atoms with Gasteiger partial charge in [0.25, 0.3) is 0 Å². The summed E-state index contributed by atoms with van der Waals surface area (Å²) in [6, 6.07) is 14.3. The van der Waals surface area contributed by atoms with E-state index in [1.807, 2.05) is 30.6 Å². The third kappa shape index (κ3) is 5.90. The quantitative estimate of drug-likeness (QED) is 0.307. The molecular weight excluding hydrogens is 390 g/mol. The Bertz CT molecular complexity index is 999. The Kier molecular flexibility index (Phi) is 8.15. The number of para-hydroxylation sites is 2. The third-order valence-corrected chi connectivity index (χ3v) is 5.23. The fraction of sp³-hybridized carbons (Fsp3) is 0.417. The molecule has 0 spiro atoms. The lowest BCUT2D eigenvalue weighted by Gasteiger charge is -2.22. The number of ether oxygens (including phenoxy) is 2. The first-order chi connectivity index (χ1) is 15.2. The Morgan fingerprint density at radius 2 is 1.94 bits per heavy atom. The molecule has 0 atom stereocenters. The van der Waals surface area contributed by atoms with Gasteiger partial charge in [0.05, 0.1) is 31.6 Å². The van der Waals surface area contributed by atoms with Crippen molar-refractivity contribution in [2.24, 2.45) is 4.99 Å². The van der Waals surface area contributed by atoms with Crippen molar-refractivity contribution in [3.8, 4) is 11.5 Å². The second kappa shape index (κ2) is 11.2. The molecule has 7 heteroatoms. The van der Waals surface area contributed by atoms with Crippen molar-refractivity contribution in [3.05, 3.63) is 54.4 Å². The van der Waals surface area contributed by atoms with Crippen LogP contribution in [0.3, 0.4) is 0 Å². The van der Waals surface area contributed by atoms with E-state index < -0.39 is 0 Å². The lowest BCUT2D eigenvalue weighted by Crippen LogP contribution is -2.40. The molecule has 1 aromatic heterocycles. The van der Waals surface area contributed by atoms with E-state index in [2.05, 4.69) is 51.9 Å². The Hall–Kier alpha value is -3.22. The molecule has 1 N–H and O–H groups in total. The van der Waals surface area contributed by atoms with Crippen LogP contribution in [0, 0.1) is 0 Å². The van der Waals surface area contributed by atoms with Gasteiger partial charge in [-0.05, 0) is 49.6 Å². The number of fused-ring (bicyclic) bond motifs is 1. The first kappa shape index (κ1) is 22.5. The second-order valence-electron chi connectivity index (χ2n) is 7.38. The van der Waals surface area contributed by atoms with E-state index in [9.17, 15) is 0 Å². The zero-order chi connectivity index (χ0) is 22.1. The largest absolute Gasteiger partial charge is 0.493 e. The fourth-order valence-corrected chi connectivity index (χ4v) is 3.52. The molecule has 166 valence electrons. The summed E-state index contributed by atoms with van der Waals surface area (Å²) >= 11 is 0. The summed E-state index contributed by atoms with van der Waals surface area (Å²) in [7, 11) is 5.39. The normalized spacial score (nSPS) is 11.5. The van der Waals surface area contributed by atoms with Crippen LogP contribution < -0.4 is 14.8 Å². The van der Waals surface area contributed by atoms with E-state index in [0.29, 0.717) is 0 Å². The Morgan fingerprint density at radius 1 is 1.13 bits per heavy atom. The van der Waals surface area contributed by atoms with Gasteiger partial charge in [-0.3, -0.25) is 4.99 Å². The maximum atomic E-state index is 5.41. The minimum Gasteiger partial charge on any atom is -0.493 e. The van der Waals surface area contributed by atoms with Crippen LogP contribution in [0.1, 0.15) is 18.9 Å². The molecular formula is C24H33N5O2. The number of likely N-dealkylation sites (N-methyl/N-ethyl adjacent to an activating group) is 1. The topological polar surface area (TPSA) is 63.9 Å². The molecule has 7 nitrogen and oxygen atoms in total. The molecule has 1 heterocycles. The van der Waals surface area contributed by atoms with Gasteiger partial charge in [0.1, 0.15) is 0 Å². The van der Waals surface area contributed by atoms with E-state index in [1.165, 1.54) is 11.1 Å². The molecule has 0 aliphatic rings. The van der Waals surface area contributed by atoms with Gasteiger partial charge in [-0.25, -0.2) is 4.98 Å². The number of rotatable bonds is 10. The van der Waals surface area contributed by atoms with Crippen molar-refractivity contribution in [1.29, 1.82) is 0 Å². The van der Waals surface area contributed by atoms with E-state index in [4.69, 9.17) is 14.5 Å². The van der Waals surface area contributed by atoms with Crippen LogP contribution in [0.5, 0.6) is 11.5 Å². The first-order valence-corrected chi connectivity index (χ1v) is 10.8. The van der Waals surface area contributed by atoms with Gasteiger partial charge < -0.3 is 24.3 Å². The predicted molar refractivity (Wildman–Crippen MR) is 126 cm³/mol. The predicted octanol–water partition coefficient (Wildman–Crippen LogP) is 3.58. The van der Waals surface area contributed by atoms with E-state index in [1.54, 1.807) is 14.2 Å². The van der Waals surface area contributed by atoms with Gasteiger partial charge >= 0.3 is 0 Å². The van der Waals surface area contributed by atoms with E-state index >= 15 is 0 Å². The van der Waals surface area contributed by atoms with E-state index in [-0.39, 0.29) is 0 Å². The van der Waals surface area contributed by atoms with Crippen molar-refractivity contribution >= 4 is 17.0 Å². The van der Waals surface area contributed by atoms with Crippen LogP contribution in [-0.2, 0) is 13.0 Å². The highest BCUT2D eigenvalue weighted by Gasteiger charge is 2.09. The molecule has 0 bridgehead atoms. The van der Waals surface area contributed by atoms with Gasteiger partial charge in [0, 0.05) is 33.2 Å². The average molecular weight is 424 g/mol. The van der Waals surface area contributed by atoms with Crippen LogP contribution in [0.4, 0.5) is 0 Å². The van der Waals surface area contributed by atoms with Gasteiger partial charge in [-0.15, -0.1) is 0 Å². The lowest BCUT2D eigenvalue weighted by molar-refractivity contribution is 0.354. The van der Waals surface area contributed by atoms with Gasteiger partial charge in [-0.1, -0.05) is 18.2 Å². The number of aryl methyl sites for hydroxylation is 1. The number of hydrogen-bond donors (Lipinski definition) is 1. The zero-order valence-corrected chi connectivity index (χ0v) is 19.0. The number of aliphatic imine (C=N–C) groups is 1. The van der Waals surface area contributed by atoms with Crippen LogP contribution in [0.15, 0.2) is 53.8 Å². The molecule has 0 aliphatic heterocycles. The highest BCUT2D eigenvalue weighted by molar-refractivity contribution is 5.79. The number of benzene rings is 2. The zero-order valence-electron chi connectivity index (χ0n) is 19.0. The van der Waals surface area contributed by atoms with Crippen LogP contribution in [-0.4, -0.2) is 61.3 Å². The molecule has 0 radical (unpaired) electrons. The van der Waals surface area contributed by atoms with Crippen LogP contribution in [0.25, 0.3) is 11.0 Å². The summed E-state index contributed by atoms with van der Waals surface area (Å²) in [4.78, 5) is 11.4. The number of guanidine groups is 1. The van der Waals surface area contributed by atoms with Crippen molar-refractivity contribution < 1.29 is 9.47 Å². The van der Waals surface area contributed by atoms with Crippen LogP contribution in [0.2, 0.25) is 0 Å². The maximum absolute atomic E-state index is 5.41. The van der Waals surface area contributed by atoms with Crippen molar-refractivity contribution in [1.82, 2.24) is 19.8 Å². The third-order valence-electron chi connectivity index (χ3n) is 5.23. The molecule has 0 saturated carbocycles. The summed E-state index contributed by atoms with van der Waals surface area (Å²) < 4.78 is 12.9. The second-order valence-corrected chi connectivity index (χ2v) is 7.38. The molecule has 0 saturated heterocycles. The Balaban J connectivity index is 1.54. The van der Waals surface area contributed by atoms with Crippen molar-refractivity contribution in [2.45, 2.75) is 26.3 Å². The Labute approximate surface area is 184 Å². The van der Waals surface area contributed by atoms with Gasteiger partial charge in [0.2, 0.25) is 0 Å². The molecule has 3 aromatic rings. The first-order valence-electron chi connectivity index (χ1n) is 10.8. The number of nitrogens with one attached hydrogen (secondary N) is 1.